The van der Waals surface area contributed by atoms with Crippen molar-refractivity contribution in [1.82, 2.24) is 9.62 Å². The van der Waals surface area contributed by atoms with E-state index >= 15 is 0 Å². The van der Waals surface area contributed by atoms with Crippen LogP contribution in [0.3, 0.4) is 0 Å². The van der Waals surface area contributed by atoms with Crippen LogP contribution < -0.4 is 10.1 Å². The zero-order valence-electron chi connectivity index (χ0n) is 16.9. The van der Waals surface area contributed by atoms with Gasteiger partial charge in [0, 0.05) is 13.1 Å². The molecule has 0 bridgehead atoms. The summed E-state index contributed by atoms with van der Waals surface area (Å²) in [6.45, 7) is 4.87. The average molecular weight is 417 g/mol. The summed E-state index contributed by atoms with van der Waals surface area (Å²) in [4.78, 5) is 12.9. The van der Waals surface area contributed by atoms with Crippen molar-refractivity contribution in [1.29, 1.82) is 0 Å². The highest BCUT2D eigenvalue weighted by Crippen LogP contribution is 2.22. The summed E-state index contributed by atoms with van der Waals surface area (Å²) < 4.78 is 31.8. The van der Waals surface area contributed by atoms with Gasteiger partial charge in [-0.15, -0.1) is 0 Å². The number of nitrogens with one attached hydrogen (secondary N) is 1. The molecule has 3 rings (SSSR count). The molecule has 29 heavy (non-hydrogen) atoms. The van der Waals surface area contributed by atoms with Gasteiger partial charge in [0.05, 0.1) is 5.75 Å². The minimum absolute atomic E-state index is 0.112. The van der Waals surface area contributed by atoms with E-state index in [2.05, 4.69) is 5.32 Å². The van der Waals surface area contributed by atoms with Crippen LogP contribution in [0, 0.1) is 5.92 Å². The van der Waals surface area contributed by atoms with Crippen LogP contribution in [0.25, 0.3) is 0 Å². The molecule has 1 unspecified atom stereocenters. The fourth-order valence-corrected chi connectivity index (χ4v) is 5.39. The number of amides is 1. The van der Waals surface area contributed by atoms with Crippen LogP contribution in [0.4, 0.5) is 0 Å². The molecule has 1 fully saturated rings. The number of nitrogens with zero attached hydrogens (tertiary/aromatic N) is 1. The molecule has 2 aromatic rings. The van der Waals surface area contributed by atoms with Crippen LogP contribution >= 0.6 is 0 Å². The summed E-state index contributed by atoms with van der Waals surface area (Å²) in [5.74, 6) is 0.526. The molecule has 1 heterocycles. The molecule has 1 atom stereocenters. The standard InChI is InChI=1S/C22H28N2O4S/c1-17(2)21(24-13-8-14-29(24,26)27)22(25)23-15-18-9-6-7-10-19(18)16-28-20-11-4-3-5-12-20/h3-7,9-12,17,21H,8,13-16H2,1-2H3,(H,23,25). The number of hydrogen-bond donors (Lipinski definition) is 1. The second-order valence-electron chi connectivity index (χ2n) is 7.56. The van der Waals surface area contributed by atoms with Gasteiger partial charge in [-0.3, -0.25) is 4.79 Å². The quantitative estimate of drug-likeness (QED) is 0.718. The van der Waals surface area contributed by atoms with Crippen molar-refractivity contribution in [3.8, 4) is 5.75 Å². The summed E-state index contributed by atoms with van der Waals surface area (Å²) in [6, 6.07) is 16.6. The van der Waals surface area contributed by atoms with Gasteiger partial charge in [-0.2, -0.15) is 4.31 Å². The Morgan fingerprint density at radius 1 is 1.07 bits per heavy atom. The average Bonchev–Trinajstić information content (AvgIpc) is 3.05. The summed E-state index contributed by atoms with van der Waals surface area (Å²) in [5.41, 5.74) is 1.93. The van der Waals surface area contributed by atoms with Gasteiger partial charge >= 0.3 is 0 Å². The first-order chi connectivity index (χ1) is 13.9. The summed E-state index contributed by atoms with van der Waals surface area (Å²) in [5, 5.41) is 2.93. The molecule has 0 aliphatic carbocycles. The van der Waals surface area contributed by atoms with E-state index in [1.54, 1.807) is 0 Å². The maximum Gasteiger partial charge on any atom is 0.238 e. The van der Waals surface area contributed by atoms with E-state index in [9.17, 15) is 13.2 Å². The van der Waals surface area contributed by atoms with Crippen LogP contribution in [-0.2, 0) is 28.0 Å². The molecule has 2 aromatic carbocycles. The Labute approximate surface area is 172 Å². The number of carbonyl (C=O) groups excluding carboxylic acids is 1. The van der Waals surface area contributed by atoms with Gasteiger partial charge < -0.3 is 10.1 Å². The predicted molar refractivity (Wildman–Crippen MR) is 113 cm³/mol. The molecule has 1 aliphatic rings. The lowest BCUT2D eigenvalue weighted by Crippen LogP contribution is -2.50. The highest BCUT2D eigenvalue weighted by Gasteiger charge is 2.39. The first kappa shape index (κ1) is 21.3. The Hall–Kier alpha value is -2.38. The van der Waals surface area contributed by atoms with E-state index < -0.39 is 16.1 Å². The maximum atomic E-state index is 12.9. The summed E-state index contributed by atoms with van der Waals surface area (Å²) in [7, 11) is -3.35. The normalized spacial score (nSPS) is 17.2. The van der Waals surface area contributed by atoms with Gasteiger partial charge in [-0.1, -0.05) is 56.3 Å². The predicted octanol–water partition coefficient (Wildman–Crippen LogP) is 2.94. The molecular formula is C22H28N2O4S. The number of ether oxygens (including phenoxy) is 1. The third kappa shape index (κ3) is 5.36. The van der Waals surface area contributed by atoms with Crippen molar-refractivity contribution in [2.24, 2.45) is 5.92 Å². The lowest BCUT2D eigenvalue weighted by molar-refractivity contribution is -0.126. The highest BCUT2D eigenvalue weighted by atomic mass is 32.2. The van der Waals surface area contributed by atoms with Crippen molar-refractivity contribution in [3.63, 3.8) is 0 Å². The molecule has 7 heteroatoms. The van der Waals surface area contributed by atoms with Crippen molar-refractivity contribution >= 4 is 15.9 Å². The Balaban J connectivity index is 1.66. The SMILES string of the molecule is CC(C)C(C(=O)NCc1ccccc1COc1ccccc1)N1CCCS1(=O)=O. The van der Waals surface area contributed by atoms with Gasteiger partial charge in [0.15, 0.2) is 0 Å². The molecule has 1 aliphatic heterocycles. The molecule has 0 saturated carbocycles. The van der Waals surface area contributed by atoms with Crippen LogP contribution in [0.15, 0.2) is 54.6 Å². The molecule has 0 spiro atoms. The van der Waals surface area contributed by atoms with E-state index in [-0.39, 0.29) is 17.6 Å². The first-order valence-electron chi connectivity index (χ1n) is 9.90. The lowest BCUT2D eigenvalue weighted by atomic mass is 10.0. The number of para-hydroxylation sites is 1. The van der Waals surface area contributed by atoms with E-state index in [1.165, 1.54) is 4.31 Å². The lowest BCUT2D eigenvalue weighted by Gasteiger charge is -2.28. The van der Waals surface area contributed by atoms with Gasteiger partial charge in [0.1, 0.15) is 18.4 Å². The summed E-state index contributed by atoms with van der Waals surface area (Å²) >= 11 is 0. The van der Waals surface area contributed by atoms with E-state index in [0.717, 1.165) is 16.9 Å². The van der Waals surface area contributed by atoms with E-state index in [1.807, 2.05) is 68.4 Å². The minimum Gasteiger partial charge on any atom is -0.489 e. The van der Waals surface area contributed by atoms with Crippen LogP contribution in [0.5, 0.6) is 5.75 Å². The number of carbonyl (C=O) groups is 1. The number of sulfonamides is 1. The topological polar surface area (TPSA) is 75.7 Å². The molecule has 0 radical (unpaired) electrons. The van der Waals surface area contributed by atoms with Gasteiger partial charge in [0.25, 0.3) is 0 Å². The second-order valence-corrected chi connectivity index (χ2v) is 9.60. The Bertz CT molecular complexity index is 929. The van der Waals surface area contributed by atoms with Crippen LogP contribution in [0.2, 0.25) is 0 Å². The fourth-order valence-electron chi connectivity index (χ4n) is 3.57. The third-order valence-electron chi connectivity index (χ3n) is 5.06. The van der Waals surface area contributed by atoms with Crippen molar-refractivity contribution < 1.29 is 17.9 Å². The zero-order chi connectivity index (χ0) is 20.9. The molecular weight excluding hydrogens is 388 g/mol. The number of hydrogen-bond acceptors (Lipinski definition) is 4. The number of benzene rings is 2. The Kier molecular flexibility index (Phi) is 6.92. The molecule has 6 nitrogen and oxygen atoms in total. The van der Waals surface area contributed by atoms with Crippen LogP contribution in [-0.4, -0.2) is 37.0 Å². The maximum absolute atomic E-state index is 12.9. The Morgan fingerprint density at radius 2 is 1.72 bits per heavy atom. The second kappa shape index (κ2) is 9.41. The minimum atomic E-state index is -3.35. The van der Waals surface area contributed by atoms with E-state index in [4.69, 9.17) is 4.74 Å². The van der Waals surface area contributed by atoms with Gasteiger partial charge in [0.2, 0.25) is 15.9 Å². The molecule has 1 N–H and O–H groups in total. The van der Waals surface area contributed by atoms with Crippen LogP contribution in [0.1, 0.15) is 31.4 Å². The molecule has 1 saturated heterocycles. The van der Waals surface area contributed by atoms with Crippen molar-refractivity contribution in [2.75, 3.05) is 12.3 Å². The smallest absolute Gasteiger partial charge is 0.238 e. The van der Waals surface area contributed by atoms with Gasteiger partial charge in [-0.05, 0) is 35.6 Å². The monoisotopic (exact) mass is 416 g/mol. The molecule has 156 valence electrons. The van der Waals surface area contributed by atoms with Gasteiger partial charge in [-0.25, -0.2) is 8.42 Å². The largest absolute Gasteiger partial charge is 0.489 e. The highest BCUT2D eigenvalue weighted by molar-refractivity contribution is 7.89. The molecule has 1 amide bonds. The Morgan fingerprint density at radius 3 is 2.34 bits per heavy atom. The third-order valence-corrected chi connectivity index (χ3v) is 6.99. The summed E-state index contributed by atoms with van der Waals surface area (Å²) in [6.07, 6.45) is 0.568. The van der Waals surface area contributed by atoms with Crippen molar-refractivity contribution in [2.45, 2.75) is 39.5 Å². The zero-order valence-corrected chi connectivity index (χ0v) is 17.7. The van der Waals surface area contributed by atoms with E-state index in [0.29, 0.717) is 26.1 Å². The first-order valence-corrected chi connectivity index (χ1v) is 11.5. The fraction of sp³-hybridized carbons (Fsp3) is 0.409. The van der Waals surface area contributed by atoms with Crippen molar-refractivity contribution in [3.05, 3.63) is 65.7 Å². The number of rotatable bonds is 8. The molecule has 0 aromatic heterocycles.